The normalized spacial score (nSPS) is 13.0. The van der Waals surface area contributed by atoms with Crippen LogP contribution < -0.4 is 0 Å². The maximum Gasteiger partial charge on any atom is 0.0355 e. The van der Waals surface area contributed by atoms with Crippen molar-refractivity contribution in [1.82, 2.24) is 0 Å². The number of rotatable bonds is 6. The van der Waals surface area contributed by atoms with Crippen molar-refractivity contribution in [3.8, 4) is 44.5 Å². The standard InChI is InChI=1S/C52H38S/c1-52(2)47-32-41(40-27-30-50-46(31-40)45-15-9-10-16-49(45)53-50)25-28-43(47)44-29-26-42(33-48(44)52)51(38-21-17-36(18-22-38)34-11-5-3-6-12-34)39-23-19-37(20-24-39)35-13-7-4-8-14-35/h3-33,51H,1-2H3. The first-order chi connectivity index (χ1) is 26.0. The molecule has 1 heterocycles. The molecule has 0 N–H and O–H groups in total. The molecule has 10 rings (SSSR count). The molecule has 0 aliphatic heterocycles. The summed E-state index contributed by atoms with van der Waals surface area (Å²) in [6.45, 7) is 4.80. The first-order valence-corrected chi connectivity index (χ1v) is 19.3. The SMILES string of the molecule is CC1(C)c2cc(-c3ccc4sc5ccccc5c4c3)ccc2-c2ccc(C(c3ccc(-c4ccccc4)cc3)c3ccc(-c4ccccc4)cc3)cc21. The average molecular weight is 695 g/mol. The molecule has 0 unspecified atom stereocenters. The van der Waals surface area contributed by atoms with E-state index in [0.717, 1.165) is 0 Å². The van der Waals surface area contributed by atoms with Crippen LogP contribution in [0.5, 0.6) is 0 Å². The van der Waals surface area contributed by atoms with Gasteiger partial charge in [0.05, 0.1) is 0 Å². The Kier molecular flexibility index (Phi) is 7.53. The molecular formula is C52H38S. The van der Waals surface area contributed by atoms with Gasteiger partial charge in [0, 0.05) is 31.5 Å². The van der Waals surface area contributed by atoms with Crippen molar-refractivity contribution in [1.29, 1.82) is 0 Å². The Morgan fingerprint density at radius 1 is 0.358 bits per heavy atom. The number of hydrogen-bond acceptors (Lipinski definition) is 1. The minimum Gasteiger partial charge on any atom is -0.135 e. The predicted octanol–water partition coefficient (Wildman–Crippen LogP) is 14.5. The van der Waals surface area contributed by atoms with Crippen LogP contribution in [0.15, 0.2) is 188 Å². The maximum atomic E-state index is 2.50. The summed E-state index contributed by atoms with van der Waals surface area (Å²) in [7, 11) is 0. The fourth-order valence-electron chi connectivity index (χ4n) is 8.59. The van der Waals surface area contributed by atoms with E-state index in [0.29, 0.717) is 0 Å². The maximum absolute atomic E-state index is 2.50. The Morgan fingerprint density at radius 2 is 0.811 bits per heavy atom. The van der Waals surface area contributed by atoms with Gasteiger partial charge in [0.2, 0.25) is 0 Å². The second-order valence-electron chi connectivity index (χ2n) is 14.9. The predicted molar refractivity (Wildman–Crippen MR) is 227 cm³/mol. The zero-order valence-corrected chi connectivity index (χ0v) is 30.7. The van der Waals surface area contributed by atoms with E-state index in [4.69, 9.17) is 0 Å². The minimum atomic E-state index is -0.144. The highest BCUT2D eigenvalue weighted by molar-refractivity contribution is 7.25. The molecule has 1 aromatic heterocycles. The van der Waals surface area contributed by atoms with Crippen LogP contribution in [0.3, 0.4) is 0 Å². The highest BCUT2D eigenvalue weighted by Crippen LogP contribution is 2.51. The Hall–Kier alpha value is -6.02. The van der Waals surface area contributed by atoms with Gasteiger partial charge in [-0.2, -0.15) is 0 Å². The van der Waals surface area contributed by atoms with E-state index in [1.54, 1.807) is 0 Å². The van der Waals surface area contributed by atoms with Crippen molar-refractivity contribution in [2.45, 2.75) is 25.2 Å². The third-order valence-corrected chi connectivity index (χ3v) is 12.6. The van der Waals surface area contributed by atoms with Crippen LogP contribution in [0, 0.1) is 0 Å². The molecule has 0 atom stereocenters. The molecule has 1 aliphatic rings. The van der Waals surface area contributed by atoms with Gasteiger partial charge in [-0.25, -0.2) is 0 Å². The van der Waals surface area contributed by atoms with E-state index in [1.165, 1.54) is 92.5 Å². The summed E-state index contributed by atoms with van der Waals surface area (Å²) in [6, 6.07) is 69.9. The molecule has 1 aliphatic carbocycles. The van der Waals surface area contributed by atoms with Crippen LogP contribution in [0.25, 0.3) is 64.7 Å². The minimum absolute atomic E-state index is 0.0946. The van der Waals surface area contributed by atoms with E-state index >= 15 is 0 Å². The molecule has 53 heavy (non-hydrogen) atoms. The zero-order valence-electron chi connectivity index (χ0n) is 29.9. The van der Waals surface area contributed by atoms with E-state index < -0.39 is 0 Å². The van der Waals surface area contributed by atoms with Crippen molar-refractivity contribution >= 4 is 31.5 Å². The summed E-state index contributed by atoms with van der Waals surface area (Å²) < 4.78 is 2.69. The number of fused-ring (bicyclic) bond motifs is 6. The van der Waals surface area contributed by atoms with Crippen LogP contribution in [-0.4, -0.2) is 0 Å². The van der Waals surface area contributed by atoms with Gasteiger partial charge in [0.1, 0.15) is 0 Å². The second kappa shape index (κ2) is 12.6. The van der Waals surface area contributed by atoms with Gasteiger partial charge in [-0.1, -0.05) is 178 Å². The smallest absolute Gasteiger partial charge is 0.0355 e. The highest BCUT2D eigenvalue weighted by atomic mass is 32.1. The van der Waals surface area contributed by atoms with Crippen LogP contribution in [-0.2, 0) is 5.41 Å². The van der Waals surface area contributed by atoms with Crippen molar-refractivity contribution < 1.29 is 0 Å². The van der Waals surface area contributed by atoms with Gasteiger partial charge in [0.25, 0.3) is 0 Å². The first kappa shape index (κ1) is 31.7. The van der Waals surface area contributed by atoms with E-state index in [-0.39, 0.29) is 11.3 Å². The Balaban J connectivity index is 1.05. The lowest BCUT2D eigenvalue weighted by Crippen LogP contribution is -2.16. The van der Waals surface area contributed by atoms with Crippen LogP contribution in [0.2, 0.25) is 0 Å². The van der Waals surface area contributed by atoms with Gasteiger partial charge < -0.3 is 0 Å². The lowest BCUT2D eigenvalue weighted by atomic mass is 9.78. The summed E-state index contributed by atoms with van der Waals surface area (Å²) in [6.07, 6.45) is 0. The summed E-state index contributed by atoms with van der Waals surface area (Å²) in [5, 5.41) is 2.69. The molecule has 0 spiro atoms. The van der Waals surface area contributed by atoms with Gasteiger partial charge >= 0.3 is 0 Å². The molecular weight excluding hydrogens is 657 g/mol. The third kappa shape index (κ3) is 5.43. The first-order valence-electron chi connectivity index (χ1n) is 18.5. The van der Waals surface area contributed by atoms with Crippen molar-refractivity contribution in [2.24, 2.45) is 0 Å². The Bertz CT molecular complexity index is 2690. The molecule has 0 nitrogen and oxygen atoms in total. The lowest BCUT2D eigenvalue weighted by Gasteiger charge is -2.25. The van der Waals surface area contributed by atoms with Gasteiger partial charge in [-0.3, -0.25) is 0 Å². The largest absolute Gasteiger partial charge is 0.135 e. The number of benzene rings is 8. The molecule has 1 heteroatoms. The van der Waals surface area contributed by atoms with E-state index in [1.807, 2.05) is 11.3 Å². The fraction of sp³-hybridized carbons (Fsp3) is 0.0769. The molecule has 9 aromatic rings. The molecule has 0 bridgehead atoms. The van der Waals surface area contributed by atoms with Gasteiger partial charge in [0.15, 0.2) is 0 Å². The van der Waals surface area contributed by atoms with Crippen LogP contribution in [0.1, 0.15) is 47.6 Å². The number of hydrogen-bond donors (Lipinski definition) is 0. The summed E-state index contributed by atoms with van der Waals surface area (Å²) >= 11 is 1.88. The van der Waals surface area contributed by atoms with E-state index in [9.17, 15) is 0 Å². The lowest BCUT2D eigenvalue weighted by molar-refractivity contribution is 0.659. The van der Waals surface area contributed by atoms with Crippen molar-refractivity contribution in [3.05, 3.63) is 216 Å². The molecule has 0 saturated carbocycles. The van der Waals surface area contributed by atoms with E-state index in [2.05, 4.69) is 202 Å². The fourth-order valence-corrected chi connectivity index (χ4v) is 9.68. The summed E-state index contributed by atoms with van der Waals surface area (Å²) in [5.41, 5.74) is 16.7. The van der Waals surface area contributed by atoms with Crippen LogP contribution in [0.4, 0.5) is 0 Å². The molecule has 0 radical (unpaired) electrons. The second-order valence-corrected chi connectivity index (χ2v) is 16.0. The quantitative estimate of drug-likeness (QED) is 0.152. The Morgan fingerprint density at radius 3 is 1.45 bits per heavy atom. The van der Waals surface area contributed by atoms with Crippen molar-refractivity contribution in [3.63, 3.8) is 0 Å². The van der Waals surface area contributed by atoms with Gasteiger partial charge in [-0.15, -0.1) is 11.3 Å². The average Bonchev–Trinajstić information content (AvgIpc) is 3.70. The molecule has 0 amide bonds. The van der Waals surface area contributed by atoms with Crippen LogP contribution >= 0.6 is 11.3 Å². The Labute approximate surface area is 315 Å². The monoisotopic (exact) mass is 694 g/mol. The third-order valence-electron chi connectivity index (χ3n) is 11.4. The highest BCUT2D eigenvalue weighted by Gasteiger charge is 2.36. The topological polar surface area (TPSA) is 0 Å². The number of thiophene rings is 1. The summed E-state index contributed by atoms with van der Waals surface area (Å²) in [5.74, 6) is 0.0946. The zero-order chi connectivity index (χ0) is 35.5. The molecule has 0 fully saturated rings. The van der Waals surface area contributed by atoms with Crippen molar-refractivity contribution in [2.75, 3.05) is 0 Å². The summed E-state index contributed by atoms with van der Waals surface area (Å²) in [4.78, 5) is 0. The molecule has 252 valence electrons. The molecule has 8 aromatic carbocycles. The molecule has 0 saturated heterocycles. The van der Waals surface area contributed by atoms with Gasteiger partial charge in [-0.05, 0) is 96.6 Å².